The first-order valence-electron chi connectivity index (χ1n) is 8.96. The van der Waals surface area contributed by atoms with Crippen molar-refractivity contribution in [1.82, 2.24) is 19.2 Å². The van der Waals surface area contributed by atoms with Crippen LogP contribution in [0.4, 0.5) is 0 Å². The summed E-state index contributed by atoms with van der Waals surface area (Å²) in [5.74, 6) is 1.34. The Bertz CT molecular complexity index is 929. The highest BCUT2D eigenvalue weighted by atomic mass is 32.2. The molecule has 0 unspecified atom stereocenters. The average molecular weight is 395 g/mol. The molecular weight excluding hydrogens is 368 g/mol. The summed E-state index contributed by atoms with van der Waals surface area (Å²) in [5, 5.41) is 4.72. The number of rotatable bonds is 6. The molecular formula is C18H26N4O2S2. The Balaban J connectivity index is 1.87. The van der Waals surface area contributed by atoms with Crippen LogP contribution in [0.1, 0.15) is 25.3 Å². The second kappa shape index (κ2) is 7.62. The quantitative estimate of drug-likeness (QED) is 0.705. The van der Waals surface area contributed by atoms with Crippen LogP contribution in [0.3, 0.4) is 0 Å². The fourth-order valence-electron chi connectivity index (χ4n) is 3.43. The zero-order valence-electron chi connectivity index (χ0n) is 15.6. The number of aromatic nitrogens is 3. The van der Waals surface area contributed by atoms with E-state index in [1.807, 2.05) is 28.4 Å². The van der Waals surface area contributed by atoms with Crippen LogP contribution in [0.5, 0.6) is 0 Å². The SMILES string of the molecule is CCCN(Cn1nc(-c2ccc(C)cc2)n(C)c1=S)[C@@H]1CCS(=O)(=O)C1. The van der Waals surface area contributed by atoms with Crippen LogP contribution < -0.4 is 0 Å². The molecule has 1 aliphatic rings. The maximum Gasteiger partial charge on any atom is 0.199 e. The Kier molecular flexibility index (Phi) is 5.64. The van der Waals surface area contributed by atoms with Crippen molar-refractivity contribution in [1.29, 1.82) is 0 Å². The smallest absolute Gasteiger partial charge is 0.199 e. The fourth-order valence-corrected chi connectivity index (χ4v) is 5.37. The van der Waals surface area contributed by atoms with Crippen LogP contribution in [-0.2, 0) is 23.6 Å². The van der Waals surface area contributed by atoms with Crippen molar-refractivity contribution in [2.75, 3.05) is 18.1 Å². The van der Waals surface area contributed by atoms with Crippen molar-refractivity contribution in [3.63, 3.8) is 0 Å². The number of sulfone groups is 1. The van der Waals surface area contributed by atoms with Gasteiger partial charge in [0.05, 0.1) is 18.2 Å². The lowest BCUT2D eigenvalue weighted by Gasteiger charge is -2.27. The summed E-state index contributed by atoms with van der Waals surface area (Å²) in [6.07, 6.45) is 1.65. The molecule has 6 nitrogen and oxygen atoms in total. The first-order valence-corrected chi connectivity index (χ1v) is 11.2. The molecule has 0 bridgehead atoms. The predicted molar refractivity (Wildman–Crippen MR) is 106 cm³/mol. The molecule has 0 radical (unpaired) electrons. The van der Waals surface area contributed by atoms with Crippen LogP contribution in [0.15, 0.2) is 24.3 Å². The van der Waals surface area contributed by atoms with Crippen LogP contribution in [0.2, 0.25) is 0 Å². The summed E-state index contributed by atoms with van der Waals surface area (Å²) in [4.78, 5) is 2.20. The van der Waals surface area contributed by atoms with Crippen LogP contribution >= 0.6 is 12.2 Å². The molecule has 2 aromatic rings. The van der Waals surface area contributed by atoms with Crippen molar-refractivity contribution in [2.45, 2.75) is 39.4 Å². The molecule has 0 saturated carbocycles. The van der Waals surface area contributed by atoms with Gasteiger partial charge >= 0.3 is 0 Å². The van der Waals surface area contributed by atoms with Crippen molar-refractivity contribution in [3.05, 3.63) is 34.6 Å². The lowest BCUT2D eigenvalue weighted by Crippen LogP contribution is -2.38. The molecule has 2 heterocycles. The molecule has 8 heteroatoms. The maximum absolute atomic E-state index is 11.9. The monoisotopic (exact) mass is 394 g/mol. The van der Waals surface area contributed by atoms with Gasteiger partial charge in [0.25, 0.3) is 0 Å². The highest BCUT2D eigenvalue weighted by Gasteiger charge is 2.32. The lowest BCUT2D eigenvalue weighted by atomic mass is 10.1. The van der Waals surface area contributed by atoms with Gasteiger partial charge in [0.1, 0.15) is 0 Å². The van der Waals surface area contributed by atoms with E-state index in [4.69, 9.17) is 17.3 Å². The second-order valence-electron chi connectivity index (χ2n) is 7.04. The van der Waals surface area contributed by atoms with E-state index in [0.29, 0.717) is 17.9 Å². The van der Waals surface area contributed by atoms with E-state index in [2.05, 4.69) is 30.9 Å². The van der Waals surface area contributed by atoms with E-state index in [9.17, 15) is 8.42 Å². The van der Waals surface area contributed by atoms with Gasteiger partial charge in [0.15, 0.2) is 20.4 Å². The Morgan fingerprint density at radius 2 is 2.00 bits per heavy atom. The van der Waals surface area contributed by atoms with Gasteiger partial charge in [-0.3, -0.25) is 4.90 Å². The Hall–Kier alpha value is -1.51. The molecule has 3 rings (SSSR count). The van der Waals surface area contributed by atoms with Crippen LogP contribution in [0, 0.1) is 11.7 Å². The van der Waals surface area contributed by atoms with Crippen molar-refractivity contribution in [3.8, 4) is 11.4 Å². The molecule has 0 amide bonds. The molecule has 1 atom stereocenters. The third-order valence-electron chi connectivity index (χ3n) is 4.90. The van der Waals surface area contributed by atoms with E-state index in [1.165, 1.54) is 5.56 Å². The number of benzene rings is 1. The molecule has 0 N–H and O–H groups in total. The highest BCUT2D eigenvalue weighted by molar-refractivity contribution is 7.91. The van der Waals surface area contributed by atoms with Gasteiger partial charge in [-0.2, -0.15) is 5.10 Å². The van der Waals surface area contributed by atoms with E-state index < -0.39 is 9.84 Å². The summed E-state index contributed by atoms with van der Waals surface area (Å²) in [6, 6.07) is 8.26. The molecule has 0 spiro atoms. The number of hydrogen-bond donors (Lipinski definition) is 0. The predicted octanol–water partition coefficient (Wildman–Crippen LogP) is 2.78. The molecule has 1 aliphatic heterocycles. The van der Waals surface area contributed by atoms with Crippen molar-refractivity contribution in [2.24, 2.45) is 7.05 Å². The topological polar surface area (TPSA) is 60.1 Å². The van der Waals surface area contributed by atoms with Gasteiger partial charge in [-0.05, 0) is 38.5 Å². The summed E-state index contributed by atoms with van der Waals surface area (Å²) < 4.78 is 28.1. The first kappa shape index (κ1) is 19.3. The molecule has 26 heavy (non-hydrogen) atoms. The van der Waals surface area contributed by atoms with E-state index >= 15 is 0 Å². The highest BCUT2D eigenvalue weighted by Crippen LogP contribution is 2.21. The molecule has 1 aromatic carbocycles. The minimum Gasteiger partial charge on any atom is -0.303 e. The minimum absolute atomic E-state index is 0.0479. The number of hydrogen-bond acceptors (Lipinski definition) is 5. The first-order chi connectivity index (χ1) is 12.3. The minimum atomic E-state index is -2.91. The Labute approximate surface area is 160 Å². The van der Waals surface area contributed by atoms with Gasteiger partial charge in [-0.1, -0.05) is 36.8 Å². The van der Waals surface area contributed by atoms with Gasteiger partial charge in [0.2, 0.25) is 0 Å². The Morgan fingerprint density at radius 3 is 2.58 bits per heavy atom. The third kappa shape index (κ3) is 4.07. The third-order valence-corrected chi connectivity index (χ3v) is 7.14. The lowest BCUT2D eigenvalue weighted by molar-refractivity contribution is 0.155. The molecule has 0 aliphatic carbocycles. The molecule has 1 aromatic heterocycles. The molecule has 142 valence electrons. The zero-order valence-corrected chi connectivity index (χ0v) is 17.2. The molecule has 1 saturated heterocycles. The second-order valence-corrected chi connectivity index (χ2v) is 9.64. The summed E-state index contributed by atoms with van der Waals surface area (Å²) in [7, 11) is -0.992. The summed E-state index contributed by atoms with van der Waals surface area (Å²) in [5.41, 5.74) is 2.22. The average Bonchev–Trinajstić information content (AvgIpc) is 3.09. The Morgan fingerprint density at radius 1 is 1.31 bits per heavy atom. The maximum atomic E-state index is 11.9. The van der Waals surface area contributed by atoms with E-state index in [-0.39, 0.29) is 17.5 Å². The number of aryl methyl sites for hydroxylation is 1. The molecule has 1 fully saturated rings. The normalized spacial score (nSPS) is 19.3. The largest absolute Gasteiger partial charge is 0.303 e. The van der Waals surface area contributed by atoms with E-state index in [0.717, 1.165) is 24.4 Å². The van der Waals surface area contributed by atoms with Gasteiger partial charge in [-0.25, -0.2) is 13.1 Å². The zero-order chi connectivity index (χ0) is 18.9. The number of nitrogens with zero attached hydrogens (tertiary/aromatic N) is 4. The van der Waals surface area contributed by atoms with Crippen LogP contribution in [-0.4, -0.2) is 51.8 Å². The van der Waals surface area contributed by atoms with E-state index in [1.54, 1.807) is 0 Å². The van der Waals surface area contributed by atoms with Crippen molar-refractivity contribution < 1.29 is 8.42 Å². The summed E-state index contributed by atoms with van der Waals surface area (Å²) >= 11 is 5.58. The van der Waals surface area contributed by atoms with Crippen LogP contribution in [0.25, 0.3) is 11.4 Å². The standard InChI is InChI=1S/C18H26N4O2S2/c1-4-10-21(16-9-11-26(23,24)12-16)13-22-18(25)20(3)17(19-22)15-7-5-14(2)6-8-15/h5-8,16H,4,9-13H2,1-3H3/t16-/m1/s1. The van der Waals surface area contributed by atoms with Gasteiger partial charge in [0, 0.05) is 18.7 Å². The van der Waals surface area contributed by atoms with Crippen molar-refractivity contribution >= 4 is 22.1 Å². The van der Waals surface area contributed by atoms with Gasteiger partial charge in [-0.15, -0.1) is 0 Å². The van der Waals surface area contributed by atoms with Gasteiger partial charge < -0.3 is 4.57 Å². The fraction of sp³-hybridized carbons (Fsp3) is 0.556. The summed E-state index contributed by atoms with van der Waals surface area (Å²) in [6.45, 7) is 5.51.